The topological polar surface area (TPSA) is 105 Å². The minimum absolute atomic E-state index is 0.0133. The number of nitriles is 1. The smallest absolute Gasteiger partial charge is 0.326 e. The molecule has 0 radical (unpaired) electrons. The summed E-state index contributed by atoms with van der Waals surface area (Å²) in [6.07, 6.45) is -0.590. The molecule has 1 rings (SSSR count). The van der Waals surface area contributed by atoms with E-state index in [2.05, 4.69) is 0 Å². The number of hydrogen-bond acceptors (Lipinski definition) is 4. The number of aliphatic hydroxyl groups is 1. The second kappa shape index (κ2) is 5.69. The lowest BCUT2D eigenvalue weighted by Gasteiger charge is -2.30. The van der Waals surface area contributed by atoms with E-state index >= 15 is 0 Å². The van der Waals surface area contributed by atoms with E-state index in [1.54, 1.807) is 6.92 Å². The second-order valence-corrected chi connectivity index (χ2v) is 4.50. The molecule has 0 aromatic rings. The molecule has 1 heterocycles. The van der Waals surface area contributed by atoms with Gasteiger partial charge in [0.15, 0.2) is 0 Å². The van der Waals surface area contributed by atoms with E-state index in [0.29, 0.717) is 0 Å². The Balaban J connectivity index is 2.76. The summed E-state index contributed by atoms with van der Waals surface area (Å²) in [5, 5.41) is 27.0. The maximum atomic E-state index is 12.1. The number of urea groups is 1. The van der Waals surface area contributed by atoms with Crippen molar-refractivity contribution >= 4 is 12.0 Å². The van der Waals surface area contributed by atoms with E-state index in [1.807, 2.05) is 6.07 Å². The molecule has 1 fully saturated rings. The third-order valence-corrected chi connectivity index (χ3v) is 3.16. The fraction of sp³-hybridized carbons (Fsp3) is 0.727. The summed E-state index contributed by atoms with van der Waals surface area (Å²) in [6, 6.07) is 0.195. The van der Waals surface area contributed by atoms with Gasteiger partial charge in [-0.1, -0.05) is 0 Å². The van der Waals surface area contributed by atoms with Gasteiger partial charge in [-0.15, -0.1) is 0 Å². The van der Waals surface area contributed by atoms with Crippen LogP contribution in [0.4, 0.5) is 4.79 Å². The lowest BCUT2D eigenvalue weighted by molar-refractivity contribution is -0.141. The van der Waals surface area contributed by atoms with Crippen molar-refractivity contribution in [3.8, 4) is 6.07 Å². The van der Waals surface area contributed by atoms with Crippen molar-refractivity contribution in [3.05, 3.63) is 0 Å². The molecule has 2 amide bonds. The van der Waals surface area contributed by atoms with Gasteiger partial charge < -0.3 is 20.0 Å². The highest BCUT2D eigenvalue weighted by atomic mass is 16.4. The zero-order valence-electron chi connectivity index (χ0n) is 10.4. The van der Waals surface area contributed by atoms with Gasteiger partial charge in [0.25, 0.3) is 0 Å². The van der Waals surface area contributed by atoms with E-state index in [0.717, 1.165) is 4.90 Å². The van der Waals surface area contributed by atoms with Crippen molar-refractivity contribution in [2.45, 2.75) is 38.0 Å². The van der Waals surface area contributed by atoms with Crippen molar-refractivity contribution in [2.24, 2.45) is 0 Å². The fourth-order valence-electron chi connectivity index (χ4n) is 1.92. The van der Waals surface area contributed by atoms with Crippen LogP contribution in [0.1, 0.15) is 19.8 Å². The van der Waals surface area contributed by atoms with E-state index in [-0.39, 0.29) is 25.4 Å². The summed E-state index contributed by atoms with van der Waals surface area (Å²) in [7, 11) is 1.52. The van der Waals surface area contributed by atoms with Gasteiger partial charge in [-0.3, -0.25) is 0 Å². The fourth-order valence-corrected chi connectivity index (χ4v) is 1.92. The number of aliphatic hydroxyl groups excluding tert-OH is 1. The molecule has 3 atom stereocenters. The van der Waals surface area contributed by atoms with Crippen LogP contribution in [0, 0.1) is 11.3 Å². The normalized spacial score (nSPS) is 24.4. The Kier molecular flexibility index (Phi) is 4.50. The Morgan fingerprint density at radius 1 is 1.61 bits per heavy atom. The van der Waals surface area contributed by atoms with Crippen LogP contribution >= 0.6 is 0 Å². The van der Waals surface area contributed by atoms with Gasteiger partial charge in [0, 0.05) is 26.1 Å². The van der Waals surface area contributed by atoms with Gasteiger partial charge in [-0.25, -0.2) is 9.59 Å². The number of rotatable bonds is 3. The maximum Gasteiger partial charge on any atom is 0.326 e. The zero-order valence-corrected chi connectivity index (χ0v) is 10.4. The van der Waals surface area contributed by atoms with Gasteiger partial charge in [-0.05, 0) is 6.92 Å². The van der Waals surface area contributed by atoms with Crippen LogP contribution in [0.25, 0.3) is 0 Å². The highest BCUT2D eigenvalue weighted by Gasteiger charge is 2.40. The Bertz CT molecular complexity index is 379. The van der Waals surface area contributed by atoms with Gasteiger partial charge in [0.2, 0.25) is 0 Å². The number of carbonyl (C=O) groups is 2. The highest BCUT2D eigenvalue weighted by molar-refractivity contribution is 5.83. The van der Waals surface area contributed by atoms with E-state index in [1.165, 1.54) is 11.9 Å². The predicted octanol–water partition coefficient (Wildman–Crippen LogP) is -0.140. The average Bonchev–Trinajstić information content (AvgIpc) is 2.69. The number of carboxylic acids is 1. The van der Waals surface area contributed by atoms with Crippen LogP contribution in [-0.2, 0) is 4.79 Å². The van der Waals surface area contributed by atoms with Gasteiger partial charge >= 0.3 is 12.0 Å². The number of hydrogen-bond donors (Lipinski definition) is 2. The van der Waals surface area contributed by atoms with Crippen molar-refractivity contribution in [3.63, 3.8) is 0 Å². The van der Waals surface area contributed by atoms with Crippen molar-refractivity contribution in [1.29, 1.82) is 5.26 Å². The standard InChI is InChI=1S/C11H17N3O4/c1-7(3-4-12)13(2)11(18)14-6-8(15)5-9(14)10(16)17/h7-9,15H,3,5-6H2,1-2H3,(H,16,17)/t7?,8-,9-/m1/s1. The molecule has 1 saturated heterocycles. The first kappa shape index (κ1) is 14.3. The number of amides is 2. The predicted molar refractivity (Wildman–Crippen MR) is 61.6 cm³/mol. The summed E-state index contributed by atoms with van der Waals surface area (Å²) in [5.74, 6) is -1.12. The number of likely N-dealkylation sites (tertiary alicyclic amines) is 1. The van der Waals surface area contributed by atoms with Crippen LogP contribution in [0.15, 0.2) is 0 Å². The zero-order chi connectivity index (χ0) is 13.9. The van der Waals surface area contributed by atoms with Crippen molar-refractivity contribution in [2.75, 3.05) is 13.6 Å². The Hall–Kier alpha value is -1.81. The van der Waals surface area contributed by atoms with E-state index in [4.69, 9.17) is 10.4 Å². The first-order chi connectivity index (χ1) is 8.38. The number of β-amino-alcohol motifs (C(OH)–C–C–N with tert-alkyl or cyclic N) is 1. The molecule has 0 aromatic heterocycles. The molecular weight excluding hydrogens is 238 g/mol. The first-order valence-corrected chi connectivity index (χ1v) is 5.69. The average molecular weight is 255 g/mol. The van der Waals surface area contributed by atoms with Gasteiger partial charge in [-0.2, -0.15) is 5.26 Å². The number of carboxylic acid groups (broad SMARTS) is 1. The third kappa shape index (κ3) is 2.90. The largest absolute Gasteiger partial charge is 0.480 e. The van der Waals surface area contributed by atoms with Crippen LogP contribution in [0.2, 0.25) is 0 Å². The summed E-state index contributed by atoms with van der Waals surface area (Å²) in [4.78, 5) is 25.6. The summed E-state index contributed by atoms with van der Waals surface area (Å²) in [6.45, 7) is 1.73. The van der Waals surface area contributed by atoms with Gasteiger partial charge in [0.05, 0.1) is 18.6 Å². The first-order valence-electron chi connectivity index (χ1n) is 5.69. The molecule has 7 heteroatoms. The molecule has 2 N–H and O–H groups in total. The number of nitrogens with zero attached hydrogens (tertiary/aromatic N) is 3. The quantitative estimate of drug-likeness (QED) is 0.730. The highest BCUT2D eigenvalue weighted by Crippen LogP contribution is 2.20. The number of aliphatic carboxylic acids is 1. The molecule has 1 aliphatic rings. The molecule has 7 nitrogen and oxygen atoms in total. The second-order valence-electron chi connectivity index (χ2n) is 4.50. The molecule has 0 spiro atoms. The van der Waals surface area contributed by atoms with E-state index in [9.17, 15) is 14.7 Å². The van der Waals surface area contributed by atoms with Crippen LogP contribution in [0.5, 0.6) is 0 Å². The van der Waals surface area contributed by atoms with E-state index < -0.39 is 24.1 Å². The molecule has 1 aliphatic heterocycles. The molecule has 0 aromatic carbocycles. The lowest BCUT2D eigenvalue weighted by Crippen LogP contribution is -2.49. The Labute approximate surface area is 105 Å². The Morgan fingerprint density at radius 3 is 2.72 bits per heavy atom. The number of carbonyl (C=O) groups excluding carboxylic acids is 1. The SMILES string of the molecule is CC(CC#N)N(C)C(=O)N1C[C@H](O)C[C@@H]1C(=O)O. The van der Waals surface area contributed by atoms with Crippen LogP contribution in [-0.4, -0.2) is 63.8 Å². The summed E-state index contributed by atoms with van der Waals surface area (Å²) in [5.41, 5.74) is 0. The van der Waals surface area contributed by atoms with Crippen molar-refractivity contribution < 1.29 is 19.8 Å². The summed E-state index contributed by atoms with van der Waals surface area (Å²) < 4.78 is 0. The van der Waals surface area contributed by atoms with Crippen molar-refractivity contribution in [1.82, 2.24) is 9.80 Å². The minimum Gasteiger partial charge on any atom is -0.480 e. The third-order valence-electron chi connectivity index (χ3n) is 3.16. The monoisotopic (exact) mass is 255 g/mol. The molecule has 1 unspecified atom stereocenters. The molecule has 18 heavy (non-hydrogen) atoms. The molecule has 0 saturated carbocycles. The Morgan fingerprint density at radius 2 is 2.22 bits per heavy atom. The van der Waals surface area contributed by atoms with Crippen LogP contribution in [0.3, 0.4) is 0 Å². The lowest BCUT2D eigenvalue weighted by atomic mass is 10.2. The molecule has 100 valence electrons. The van der Waals surface area contributed by atoms with Gasteiger partial charge in [0.1, 0.15) is 6.04 Å². The molecule has 0 aliphatic carbocycles. The summed E-state index contributed by atoms with van der Waals surface area (Å²) >= 11 is 0. The van der Waals surface area contributed by atoms with Crippen LogP contribution < -0.4 is 0 Å². The maximum absolute atomic E-state index is 12.1. The molecular formula is C11H17N3O4. The molecule has 0 bridgehead atoms. The minimum atomic E-state index is -1.12.